The van der Waals surface area contributed by atoms with E-state index in [0.29, 0.717) is 13.2 Å². The summed E-state index contributed by atoms with van der Waals surface area (Å²) in [6.07, 6.45) is -1.12. The van der Waals surface area contributed by atoms with Gasteiger partial charge in [-0.15, -0.1) is 12.4 Å². The third-order valence-corrected chi connectivity index (χ3v) is 3.85. The van der Waals surface area contributed by atoms with Gasteiger partial charge in [-0.2, -0.15) is 0 Å². The maximum atomic E-state index is 12.0. The Morgan fingerprint density at radius 3 is 2.15 bits per heavy atom. The minimum Gasteiger partial charge on any atom is -0.493 e. The summed E-state index contributed by atoms with van der Waals surface area (Å²) in [7, 11) is 3.98. The number of rotatable bonds is 9. The molecule has 0 aliphatic heterocycles. The molecule has 0 heterocycles. The Morgan fingerprint density at radius 2 is 1.59 bits per heavy atom. The molecule has 2 rings (SSSR count). The summed E-state index contributed by atoms with van der Waals surface area (Å²) in [4.78, 5) is 14.1. The summed E-state index contributed by atoms with van der Waals surface area (Å²) in [6, 6.07) is 19.3. The highest BCUT2D eigenvalue weighted by atomic mass is 35.5. The molecule has 0 N–H and O–H groups in total. The van der Waals surface area contributed by atoms with Crippen molar-refractivity contribution in [3.05, 3.63) is 66.2 Å². The largest absolute Gasteiger partial charge is 0.508 e. The van der Waals surface area contributed by atoms with Crippen molar-refractivity contribution in [2.24, 2.45) is 5.92 Å². The molecule has 0 radical (unpaired) electrons. The Kier molecular flexibility index (Phi) is 10.3. The Balaban J connectivity index is 0.00000364. The van der Waals surface area contributed by atoms with Crippen LogP contribution in [0.1, 0.15) is 18.6 Å². The van der Waals surface area contributed by atoms with Crippen LogP contribution in [-0.4, -0.2) is 44.9 Å². The van der Waals surface area contributed by atoms with Crippen LogP contribution in [0.3, 0.4) is 0 Å². The highest BCUT2D eigenvalue weighted by Gasteiger charge is 2.29. The van der Waals surface area contributed by atoms with Crippen molar-refractivity contribution in [1.29, 1.82) is 0 Å². The third-order valence-electron chi connectivity index (χ3n) is 3.85. The lowest BCUT2D eigenvalue weighted by Crippen LogP contribution is -2.33. The number of hydrogen-bond acceptors (Lipinski definition) is 5. The quantitative estimate of drug-likeness (QED) is 0.583. The molecule has 0 amide bonds. The molecular weight excluding hydrogens is 366 g/mol. The first-order chi connectivity index (χ1) is 12.6. The maximum Gasteiger partial charge on any atom is 0.508 e. The molecule has 2 unspecified atom stereocenters. The van der Waals surface area contributed by atoms with Crippen LogP contribution in [-0.2, 0) is 9.47 Å². The molecule has 0 aromatic heterocycles. The van der Waals surface area contributed by atoms with Gasteiger partial charge in [-0.05, 0) is 38.7 Å². The highest BCUT2D eigenvalue weighted by molar-refractivity contribution is 5.85. The van der Waals surface area contributed by atoms with Crippen molar-refractivity contribution in [3.8, 4) is 5.75 Å². The first-order valence-corrected chi connectivity index (χ1v) is 8.81. The highest BCUT2D eigenvalue weighted by Crippen LogP contribution is 2.28. The van der Waals surface area contributed by atoms with E-state index in [9.17, 15) is 4.79 Å². The van der Waals surface area contributed by atoms with Gasteiger partial charge in [0.05, 0.1) is 13.2 Å². The van der Waals surface area contributed by atoms with Gasteiger partial charge in [0, 0.05) is 12.5 Å². The van der Waals surface area contributed by atoms with Crippen LogP contribution in [0.2, 0.25) is 0 Å². The molecule has 2 aromatic carbocycles. The number of benzene rings is 2. The van der Waals surface area contributed by atoms with E-state index in [1.807, 2.05) is 74.8 Å². The van der Waals surface area contributed by atoms with Crippen LogP contribution >= 0.6 is 12.4 Å². The van der Waals surface area contributed by atoms with Crippen LogP contribution in [0.15, 0.2) is 60.7 Å². The first kappa shape index (κ1) is 22.8. The maximum absolute atomic E-state index is 12.0. The minimum atomic E-state index is -0.662. The second-order valence-corrected chi connectivity index (χ2v) is 6.28. The molecule has 0 aliphatic carbocycles. The van der Waals surface area contributed by atoms with Crippen molar-refractivity contribution in [2.75, 3.05) is 33.9 Å². The minimum absolute atomic E-state index is 0. The molecule has 0 bridgehead atoms. The van der Waals surface area contributed by atoms with E-state index in [0.717, 1.165) is 11.3 Å². The summed E-state index contributed by atoms with van der Waals surface area (Å²) >= 11 is 0. The molecule has 2 atom stereocenters. The summed E-state index contributed by atoms with van der Waals surface area (Å²) < 4.78 is 16.6. The van der Waals surface area contributed by atoms with E-state index < -0.39 is 12.3 Å². The Hall–Kier alpha value is -2.24. The molecule has 5 nitrogen and oxygen atoms in total. The zero-order valence-corrected chi connectivity index (χ0v) is 16.9. The molecule has 0 aliphatic rings. The molecule has 2 aromatic rings. The third kappa shape index (κ3) is 7.89. The van der Waals surface area contributed by atoms with Gasteiger partial charge >= 0.3 is 6.16 Å². The number of ether oxygens (including phenoxy) is 3. The first-order valence-electron chi connectivity index (χ1n) is 8.81. The van der Waals surface area contributed by atoms with E-state index in [4.69, 9.17) is 14.2 Å². The standard InChI is InChI=1S/C21H27NO4.ClH/c1-4-24-21(23)26-20(17-11-7-5-8-12-17)18(15-22(2)3)16-25-19-13-9-6-10-14-19;/h5-14,18,20H,4,15-16H2,1-3H3;1H. The topological polar surface area (TPSA) is 48.0 Å². The predicted molar refractivity (Wildman–Crippen MR) is 109 cm³/mol. The average Bonchev–Trinajstić information content (AvgIpc) is 2.65. The summed E-state index contributed by atoms with van der Waals surface area (Å²) in [6.45, 7) is 3.15. The number of halogens is 1. The van der Waals surface area contributed by atoms with Crippen LogP contribution in [0.5, 0.6) is 5.75 Å². The van der Waals surface area contributed by atoms with E-state index in [1.54, 1.807) is 6.92 Å². The van der Waals surface area contributed by atoms with E-state index >= 15 is 0 Å². The Bertz CT molecular complexity index is 652. The predicted octanol–water partition coefficient (Wildman–Crippen LogP) is 4.58. The van der Waals surface area contributed by atoms with E-state index in [-0.39, 0.29) is 24.9 Å². The van der Waals surface area contributed by atoms with Crippen molar-refractivity contribution < 1.29 is 19.0 Å². The average molecular weight is 394 g/mol. The number of para-hydroxylation sites is 1. The molecule has 0 spiro atoms. The van der Waals surface area contributed by atoms with Gasteiger partial charge in [0.25, 0.3) is 0 Å². The van der Waals surface area contributed by atoms with Crippen LogP contribution in [0.4, 0.5) is 4.79 Å². The summed E-state index contributed by atoms with van der Waals surface area (Å²) in [5.74, 6) is 0.733. The zero-order valence-electron chi connectivity index (χ0n) is 16.0. The SMILES string of the molecule is CCOC(=O)OC(c1ccccc1)C(COc1ccccc1)CN(C)C.Cl. The van der Waals surface area contributed by atoms with E-state index in [1.165, 1.54) is 0 Å². The number of nitrogens with zero attached hydrogens (tertiary/aromatic N) is 1. The van der Waals surface area contributed by atoms with Crippen LogP contribution in [0.25, 0.3) is 0 Å². The lowest BCUT2D eigenvalue weighted by Gasteiger charge is -2.29. The fourth-order valence-electron chi connectivity index (χ4n) is 2.76. The van der Waals surface area contributed by atoms with Gasteiger partial charge in [-0.25, -0.2) is 4.79 Å². The van der Waals surface area contributed by atoms with Crippen LogP contribution in [0, 0.1) is 5.92 Å². The van der Waals surface area contributed by atoms with Gasteiger partial charge in [-0.1, -0.05) is 48.5 Å². The number of carbonyl (C=O) groups is 1. The van der Waals surface area contributed by atoms with Gasteiger partial charge in [-0.3, -0.25) is 0 Å². The lowest BCUT2D eigenvalue weighted by atomic mass is 9.95. The molecule has 0 saturated carbocycles. The normalized spacial score (nSPS) is 12.6. The Labute approximate surface area is 167 Å². The van der Waals surface area contributed by atoms with Crippen LogP contribution < -0.4 is 4.74 Å². The van der Waals surface area contributed by atoms with Gasteiger partial charge < -0.3 is 19.1 Å². The molecule has 6 heteroatoms. The number of hydrogen-bond donors (Lipinski definition) is 0. The second-order valence-electron chi connectivity index (χ2n) is 6.28. The van der Waals surface area contributed by atoms with Gasteiger partial charge in [0.15, 0.2) is 0 Å². The molecule has 148 valence electrons. The summed E-state index contributed by atoms with van der Waals surface area (Å²) in [5, 5.41) is 0. The zero-order chi connectivity index (χ0) is 18.8. The van der Waals surface area contributed by atoms with Gasteiger partial charge in [0.1, 0.15) is 11.9 Å². The number of carbonyl (C=O) groups excluding carboxylic acids is 1. The molecule has 0 saturated heterocycles. The fraction of sp³-hybridized carbons (Fsp3) is 0.381. The summed E-state index contributed by atoms with van der Waals surface area (Å²) in [5.41, 5.74) is 0.920. The van der Waals surface area contributed by atoms with Crippen molar-refractivity contribution in [2.45, 2.75) is 13.0 Å². The molecule has 0 fully saturated rings. The van der Waals surface area contributed by atoms with Crippen molar-refractivity contribution in [3.63, 3.8) is 0 Å². The fourth-order valence-corrected chi connectivity index (χ4v) is 2.76. The van der Waals surface area contributed by atoms with Gasteiger partial charge in [0.2, 0.25) is 0 Å². The lowest BCUT2D eigenvalue weighted by molar-refractivity contribution is -0.0115. The second kappa shape index (κ2) is 12.2. The Morgan fingerprint density at radius 1 is 1.00 bits per heavy atom. The smallest absolute Gasteiger partial charge is 0.493 e. The van der Waals surface area contributed by atoms with E-state index in [2.05, 4.69) is 4.90 Å². The monoisotopic (exact) mass is 393 g/mol. The van der Waals surface area contributed by atoms with Crippen molar-refractivity contribution in [1.82, 2.24) is 4.90 Å². The molecule has 27 heavy (non-hydrogen) atoms. The van der Waals surface area contributed by atoms with Crippen molar-refractivity contribution >= 4 is 18.6 Å². The molecular formula is C21H28ClNO4.